The summed E-state index contributed by atoms with van der Waals surface area (Å²) in [4.78, 5) is 37.4. The van der Waals surface area contributed by atoms with Crippen LogP contribution in [0.4, 0.5) is 11.8 Å². The quantitative estimate of drug-likeness (QED) is 0.406. The molecule has 0 aliphatic carbocycles. The van der Waals surface area contributed by atoms with E-state index in [1.807, 2.05) is 6.07 Å². The van der Waals surface area contributed by atoms with Crippen LogP contribution in [0.3, 0.4) is 0 Å². The highest BCUT2D eigenvalue weighted by Crippen LogP contribution is 2.34. The van der Waals surface area contributed by atoms with Gasteiger partial charge in [-0.2, -0.15) is 9.97 Å². The molecular weight excluding hydrogens is 450 g/mol. The standard InChI is InChI=1S/C24H27N7O4/c1-13-11-34-7-5-30(13)22-19-21(28-24(29-22)31-6-8-35-12-14(31)2)27-20(26-19)17-9-15(23(32)33)10-18-16(17)3-4-25-18/h3-4,9-10,13-14,25H,5-8,11-12H2,1-2H3,(H,32,33)(H,26,27,28,29). The SMILES string of the molecule is CC1COCCN1c1nc(N2CCOCC2C)c2[nH]c(-c3cc(C(=O)O)cc4[nH]ccc34)nc2n1. The first-order valence-corrected chi connectivity index (χ1v) is 11.8. The van der Waals surface area contributed by atoms with Gasteiger partial charge in [-0.1, -0.05) is 0 Å². The lowest BCUT2D eigenvalue weighted by Crippen LogP contribution is -2.46. The van der Waals surface area contributed by atoms with Crippen LogP contribution in [-0.4, -0.2) is 87.6 Å². The number of hydrogen-bond donors (Lipinski definition) is 3. The molecule has 0 saturated carbocycles. The van der Waals surface area contributed by atoms with Gasteiger partial charge in [-0.15, -0.1) is 0 Å². The molecule has 2 saturated heterocycles. The summed E-state index contributed by atoms with van der Waals surface area (Å²) in [5.74, 6) is 0.950. The highest BCUT2D eigenvalue weighted by Gasteiger charge is 2.29. The molecule has 3 N–H and O–H groups in total. The van der Waals surface area contributed by atoms with E-state index >= 15 is 0 Å². The van der Waals surface area contributed by atoms with Gasteiger partial charge in [-0.3, -0.25) is 0 Å². The normalized spacial score (nSPS) is 21.2. The number of carboxylic acids is 1. The number of aromatic amines is 2. The zero-order valence-corrected chi connectivity index (χ0v) is 19.6. The number of anilines is 2. The molecule has 6 rings (SSSR count). The van der Waals surface area contributed by atoms with Gasteiger partial charge in [0.2, 0.25) is 5.95 Å². The van der Waals surface area contributed by atoms with Crippen molar-refractivity contribution in [1.29, 1.82) is 0 Å². The minimum absolute atomic E-state index is 0.135. The minimum Gasteiger partial charge on any atom is -0.478 e. The molecule has 1 aromatic carbocycles. The Morgan fingerprint density at radius 2 is 1.80 bits per heavy atom. The van der Waals surface area contributed by atoms with E-state index in [0.717, 1.165) is 22.2 Å². The first-order chi connectivity index (χ1) is 17.0. The minimum atomic E-state index is -0.995. The number of nitrogens with one attached hydrogen (secondary N) is 2. The van der Waals surface area contributed by atoms with Crippen LogP contribution >= 0.6 is 0 Å². The fourth-order valence-corrected chi connectivity index (χ4v) is 4.89. The molecule has 0 spiro atoms. The number of ether oxygens (including phenoxy) is 2. The van der Waals surface area contributed by atoms with Crippen LogP contribution in [0, 0.1) is 0 Å². The van der Waals surface area contributed by atoms with E-state index in [-0.39, 0.29) is 17.6 Å². The third-order valence-electron chi connectivity index (χ3n) is 6.76. The van der Waals surface area contributed by atoms with Gasteiger partial charge in [0.05, 0.1) is 44.1 Å². The number of nitrogens with zero attached hydrogens (tertiary/aromatic N) is 5. The van der Waals surface area contributed by atoms with E-state index in [1.165, 1.54) is 0 Å². The number of aromatic carboxylic acids is 1. The Morgan fingerprint density at radius 1 is 1.06 bits per heavy atom. The van der Waals surface area contributed by atoms with Crippen LogP contribution in [0.5, 0.6) is 0 Å². The summed E-state index contributed by atoms with van der Waals surface area (Å²) >= 11 is 0. The number of imidazole rings is 1. The van der Waals surface area contributed by atoms with Crippen molar-refractivity contribution in [2.75, 3.05) is 49.3 Å². The molecule has 2 aliphatic heterocycles. The fraction of sp³-hybridized carbons (Fsp3) is 0.417. The van der Waals surface area contributed by atoms with Crippen molar-refractivity contribution < 1.29 is 19.4 Å². The predicted octanol–water partition coefficient (Wildman–Crippen LogP) is 2.65. The number of rotatable bonds is 4. The zero-order chi connectivity index (χ0) is 24.1. The second-order valence-electron chi connectivity index (χ2n) is 9.13. The summed E-state index contributed by atoms with van der Waals surface area (Å²) in [6.07, 6.45) is 1.79. The van der Waals surface area contributed by atoms with Crippen molar-refractivity contribution in [3.05, 3.63) is 30.0 Å². The molecule has 0 amide bonds. The van der Waals surface area contributed by atoms with Gasteiger partial charge in [0, 0.05) is 35.8 Å². The molecule has 3 aromatic heterocycles. The number of morpholine rings is 2. The third kappa shape index (κ3) is 3.76. The number of aromatic nitrogens is 5. The Bertz CT molecular complexity index is 1410. The molecule has 35 heavy (non-hydrogen) atoms. The van der Waals surface area contributed by atoms with Crippen LogP contribution in [0.15, 0.2) is 24.4 Å². The second-order valence-corrected chi connectivity index (χ2v) is 9.13. The van der Waals surface area contributed by atoms with Gasteiger partial charge in [0.25, 0.3) is 0 Å². The summed E-state index contributed by atoms with van der Waals surface area (Å²) in [5, 5.41) is 10.5. The molecule has 5 heterocycles. The maximum absolute atomic E-state index is 11.8. The molecule has 2 unspecified atom stereocenters. The van der Waals surface area contributed by atoms with E-state index in [2.05, 4.69) is 33.6 Å². The maximum Gasteiger partial charge on any atom is 0.335 e. The second kappa shape index (κ2) is 8.51. The van der Waals surface area contributed by atoms with Crippen molar-refractivity contribution in [3.8, 4) is 11.4 Å². The van der Waals surface area contributed by atoms with Crippen molar-refractivity contribution in [2.24, 2.45) is 0 Å². The monoisotopic (exact) mass is 477 g/mol. The molecular formula is C24H27N7O4. The Morgan fingerprint density at radius 3 is 2.51 bits per heavy atom. The van der Waals surface area contributed by atoms with Gasteiger partial charge >= 0.3 is 5.97 Å². The molecule has 0 radical (unpaired) electrons. The molecule has 182 valence electrons. The van der Waals surface area contributed by atoms with Crippen LogP contribution in [0.25, 0.3) is 33.5 Å². The van der Waals surface area contributed by atoms with E-state index in [4.69, 9.17) is 24.4 Å². The summed E-state index contributed by atoms with van der Waals surface area (Å²) in [6, 6.07) is 5.46. The Kier molecular flexibility index (Phi) is 5.30. The Hall–Kier alpha value is -3.70. The van der Waals surface area contributed by atoms with Gasteiger partial charge in [0.15, 0.2) is 11.5 Å². The third-order valence-corrected chi connectivity index (χ3v) is 6.76. The van der Waals surface area contributed by atoms with E-state index < -0.39 is 5.97 Å². The molecule has 2 fully saturated rings. The van der Waals surface area contributed by atoms with Gasteiger partial charge in [0.1, 0.15) is 11.3 Å². The Balaban J connectivity index is 1.55. The highest BCUT2D eigenvalue weighted by molar-refractivity contribution is 6.01. The summed E-state index contributed by atoms with van der Waals surface area (Å²) in [5.41, 5.74) is 2.88. The number of H-pyrrole nitrogens is 2. The number of fused-ring (bicyclic) bond motifs is 2. The lowest BCUT2D eigenvalue weighted by Gasteiger charge is -2.36. The lowest BCUT2D eigenvalue weighted by atomic mass is 10.1. The van der Waals surface area contributed by atoms with E-state index in [1.54, 1.807) is 18.3 Å². The smallest absolute Gasteiger partial charge is 0.335 e. The summed E-state index contributed by atoms with van der Waals surface area (Å²) in [7, 11) is 0. The molecule has 2 atom stereocenters. The molecule has 2 aliphatic rings. The maximum atomic E-state index is 11.8. The van der Waals surface area contributed by atoms with Gasteiger partial charge < -0.3 is 34.3 Å². The number of hydrogen-bond acceptors (Lipinski definition) is 8. The van der Waals surface area contributed by atoms with Crippen LogP contribution in [0.2, 0.25) is 0 Å². The van der Waals surface area contributed by atoms with Crippen molar-refractivity contribution in [1.82, 2.24) is 24.9 Å². The van der Waals surface area contributed by atoms with E-state index in [9.17, 15) is 9.90 Å². The predicted molar refractivity (Wildman–Crippen MR) is 131 cm³/mol. The van der Waals surface area contributed by atoms with Crippen molar-refractivity contribution in [3.63, 3.8) is 0 Å². The van der Waals surface area contributed by atoms with Crippen LogP contribution in [0.1, 0.15) is 24.2 Å². The number of carbonyl (C=O) groups is 1. The fourth-order valence-electron chi connectivity index (χ4n) is 4.89. The van der Waals surface area contributed by atoms with Gasteiger partial charge in [-0.05, 0) is 32.0 Å². The summed E-state index contributed by atoms with van der Waals surface area (Å²) in [6.45, 7) is 8.08. The molecule has 4 aromatic rings. The average molecular weight is 478 g/mol. The average Bonchev–Trinajstić information content (AvgIpc) is 3.50. The first-order valence-electron chi connectivity index (χ1n) is 11.8. The topological polar surface area (TPSA) is 132 Å². The van der Waals surface area contributed by atoms with E-state index in [0.29, 0.717) is 62.5 Å². The highest BCUT2D eigenvalue weighted by atomic mass is 16.5. The molecule has 0 bridgehead atoms. The molecule has 11 nitrogen and oxygen atoms in total. The van der Waals surface area contributed by atoms with Gasteiger partial charge in [-0.25, -0.2) is 9.78 Å². The van der Waals surface area contributed by atoms with Crippen LogP contribution in [-0.2, 0) is 9.47 Å². The Labute approximate surface area is 201 Å². The number of benzene rings is 1. The van der Waals surface area contributed by atoms with Crippen LogP contribution < -0.4 is 9.80 Å². The summed E-state index contributed by atoms with van der Waals surface area (Å²) < 4.78 is 11.3. The molecule has 11 heteroatoms. The zero-order valence-electron chi connectivity index (χ0n) is 19.6. The number of carboxylic acid groups (broad SMARTS) is 1. The largest absolute Gasteiger partial charge is 0.478 e. The lowest BCUT2D eigenvalue weighted by molar-refractivity contribution is 0.0697. The van der Waals surface area contributed by atoms with Crippen molar-refractivity contribution in [2.45, 2.75) is 25.9 Å². The first kappa shape index (κ1) is 21.8. The van der Waals surface area contributed by atoms with Crippen molar-refractivity contribution >= 4 is 39.8 Å².